The predicted molar refractivity (Wildman–Crippen MR) is 66.0 cm³/mol. The summed E-state index contributed by atoms with van der Waals surface area (Å²) in [5, 5.41) is 0. The Bertz CT molecular complexity index is 408. The molecule has 0 aliphatic carbocycles. The fraction of sp³-hybridized carbons (Fsp3) is 0.692. The number of ether oxygens (including phenoxy) is 1. The SMILES string of the molecule is COC(=O)[C@H]1CCCN(Cc2nc(C)c(C)o2)C1. The number of methoxy groups -OCH3 is 1. The van der Waals surface area contributed by atoms with Crippen LogP contribution < -0.4 is 0 Å². The number of oxazole rings is 1. The Morgan fingerprint density at radius 2 is 2.33 bits per heavy atom. The summed E-state index contributed by atoms with van der Waals surface area (Å²) in [6.07, 6.45) is 1.92. The van der Waals surface area contributed by atoms with Gasteiger partial charge in [0.15, 0.2) is 0 Å². The first-order valence-electron chi connectivity index (χ1n) is 6.33. The highest BCUT2D eigenvalue weighted by Gasteiger charge is 2.27. The fourth-order valence-electron chi connectivity index (χ4n) is 2.36. The molecule has 2 rings (SSSR count). The maximum Gasteiger partial charge on any atom is 0.309 e. The minimum atomic E-state index is -0.112. The minimum absolute atomic E-state index is 0.0130. The first-order chi connectivity index (χ1) is 8.60. The fourth-order valence-corrected chi connectivity index (χ4v) is 2.36. The number of esters is 1. The van der Waals surface area contributed by atoms with Gasteiger partial charge < -0.3 is 9.15 Å². The summed E-state index contributed by atoms with van der Waals surface area (Å²) in [5.41, 5.74) is 0.937. The highest BCUT2D eigenvalue weighted by Crippen LogP contribution is 2.20. The second-order valence-electron chi connectivity index (χ2n) is 4.85. The Hall–Kier alpha value is -1.36. The van der Waals surface area contributed by atoms with Crippen LogP contribution in [0.25, 0.3) is 0 Å². The van der Waals surface area contributed by atoms with Crippen molar-refractivity contribution in [1.29, 1.82) is 0 Å². The van der Waals surface area contributed by atoms with Gasteiger partial charge in [-0.05, 0) is 33.2 Å². The smallest absolute Gasteiger partial charge is 0.309 e. The van der Waals surface area contributed by atoms with Crippen LogP contribution in [0.3, 0.4) is 0 Å². The maximum absolute atomic E-state index is 11.5. The highest BCUT2D eigenvalue weighted by molar-refractivity contribution is 5.72. The van der Waals surface area contributed by atoms with Crippen LogP contribution in [0.5, 0.6) is 0 Å². The van der Waals surface area contributed by atoms with Crippen molar-refractivity contribution in [2.75, 3.05) is 20.2 Å². The standard InChI is InChI=1S/C13H20N2O3/c1-9-10(2)18-12(14-9)8-15-6-4-5-11(7-15)13(16)17-3/h11H,4-8H2,1-3H3/t11-/m0/s1. The largest absolute Gasteiger partial charge is 0.469 e. The van der Waals surface area contributed by atoms with Crippen LogP contribution in [-0.2, 0) is 16.1 Å². The third-order valence-corrected chi connectivity index (χ3v) is 3.47. The first kappa shape index (κ1) is 13.1. The topological polar surface area (TPSA) is 55.6 Å². The van der Waals surface area contributed by atoms with Gasteiger partial charge in [-0.3, -0.25) is 9.69 Å². The van der Waals surface area contributed by atoms with Crippen LogP contribution in [-0.4, -0.2) is 36.1 Å². The average Bonchev–Trinajstić information content (AvgIpc) is 2.67. The molecule has 5 heteroatoms. The number of carbonyl (C=O) groups is 1. The first-order valence-corrected chi connectivity index (χ1v) is 6.33. The van der Waals surface area contributed by atoms with Crippen LogP contribution in [0.15, 0.2) is 4.42 Å². The van der Waals surface area contributed by atoms with Gasteiger partial charge in [0.25, 0.3) is 0 Å². The van der Waals surface area contributed by atoms with Crippen LogP contribution in [0.1, 0.15) is 30.2 Å². The summed E-state index contributed by atoms with van der Waals surface area (Å²) >= 11 is 0. The molecule has 2 heterocycles. The molecule has 0 unspecified atom stereocenters. The van der Waals surface area contributed by atoms with E-state index in [1.165, 1.54) is 7.11 Å². The number of hydrogen-bond acceptors (Lipinski definition) is 5. The van der Waals surface area contributed by atoms with E-state index < -0.39 is 0 Å². The maximum atomic E-state index is 11.5. The molecule has 0 aromatic carbocycles. The van der Waals surface area contributed by atoms with Crippen molar-refractivity contribution in [3.05, 3.63) is 17.3 Å². The van der Waals surface area contributed by atoms with Gasteiger partial charge in [-0.2, -0.15) is 0 Å². The number of aryl methyl sites for hydroxylation is 2. The minimum Gasteiger partial charge on any atom is -0.469 e. The Morgan fingerprint density at radius 1 is 1.56 bits per heavy atom. The lowest BCUT2D eigenvalue weighted by molar-refractivity contribution is -0.147. The quantitative estimate of drug-likeness (QED) is 0.766. The Balaban J connectivity index is 1.95. The van der Waals surface area contributed by atoms with Crippen LogP contribution in [0.2, 0.25) is 0 Å². The highest BCUT2D eigenvalue weighted by atomic mass is 16.5. The van der Waals surface area contributed by atoms with Gasteiger partial charge in [-0.15, -0.1) is 0 Å². The van der Waals surface area contributed by atoms with Gasteiger partial charge >= 0.3 is 5.97 Å². The average molecular weight is 252 g/mol. The second kappa shape index (κ2) is 5.52. The van der Waals surface area contributed by atoms with Crippen molar-refractivity contribution in [2.45, 2.75) is 33.2 Å². The Labute approximate surface area is 107 Å². The van der Waals surface area contributed by atoms with E-state index in [-0.39, 0.29) is 11.9 Å². The van der Waals surface area contributed by atoms with Crippen molar-refractivity contribution in [3.8, 4) is 0 Å². The predicted octanol–water partition coefficient (Wildman–Crippen LogP) is 1.68. The van der Waals surface area contributed by atoms with E-state index in [0.717, 1.165) is 43.3 Å². The molecule has 100 valence electrons. The monoisotopic (exact) mass is 252 g/mol. The zero-order valence-corrected chi connectivity index (χ0v) is 11.2. The molecule has 18 heavy (non-hydrogen) atoms. The van der Waals surface area contributed by atoms with E-state index in [2.05, 4.69) is 9.88 Å². The molecule has 1 aliphatic rings. The Kier molecular flexibility index (Phi) is 4.01. The molecule has 1 atom stereocenters. The number of aromatic nitrogens is 1. The normalized spacial score (nSPS) is 20.9. The van der Waals surface area contributed by atoms with Crippen LogP contribution in [0, 0.1) is 19.8 Å². The molecule has 0 bridgehead atoms. The molecule has 0 radical (unpaired) electrons. The molecule has 1 aromatic rings. The molecule has 1 saturated heterocycles. The molecule has 0 amide bonds. The number of hydrogen-bond donors (Lipinski definition) is 0. The van der Waals surface area contributed by atoms with Crippen LogP contribution in [0.4, 0.5) is 0 Å². The summed E-state index contributed by atoms with van der Waals surface area (Å²) in [7, 11) is 1.45. The number of likely N-dealkylation sites (tertiary alicyclic amines) is 1. The lowest BCUT2D eigenvalue weighted by Gasteiger charge is -2.30. The van der Waals surface area contributed by atoms with Gasteiger partial charge in [0.05, 0.1) is 25.3 Å². The summed E-state index contributed by atoms with van der Waals surface area (Å²) in [6.45, 7) is 6.23. The number of rotatable bonds is 3. The third kappa shape index (κ3) is 2.90. The molecule has 1 aliphatic heterocycles. The molecule has 0 spiro atoms. The van der Waals surface area contributed by atoms with E-state index in [0.29, 0.717) is 6.54 Å². The molecule has 0 N–H and O–H groups in total. The molecule has 1 fully saturated rings. The van der Waals surface area contributed by atoms with E-state index in [1.54, 1.807) is 0 Å². The van der Waals surface area contributed by atoms with E-state index in [4.69, 9.17) is 9.15 Å². The molecule has 5 nitrogen and oxygen atoms in total. The summed E-state index contributed by atoms with van der Waals surface area (Å²) < 4.78 is 10.4. The third-order valence-electron chi connectivity index (χ3n) is 3.47. The second-order valence-corrected chi connectivity index (χ2v) is 4.85. The molecular weight excluding hydrogens is 232 g/mol. The van der Waals surface area contributed by atoms with Crippen molar-refractivity contribution in [1.82, 2.24) is 9.88 Å². The zero-order valence-electron chi connectivity index (χ0n) is 11.2. The van der Waals surface area contributed by atoms with Gasteiger partial charge in [0.2, 0.25) is 5.89 Å². The summed E-state index contributed by atoms with van der Waals surface area (Å²) in [5.74, 6) is 1.47. The van der Waals surface area contributed by atoms with E-state index in [9.17, 15) is 4.79 Å². The zero-order chi connectivity index (χ0) is 13.1. The van der Waals surface area contributed by atoms with Crippen molar-refractivity contribution in [2.24, 2.45) is 5.92 Å². The number of carbonyl (C=O) groups excluding carboxylic acids is 1. The van der Waals surface area contributed by atoms with E-state index in [1.807, 2.05) is 13.8 Å². The van der Waals surface area contributed by atoms with Gasteiger partial charge in [-0.25, -0.2) is 4.98 Å². The molecular formula is C13H20N2O3. The Morgan fingerprint density at radius 3 is 2.94 bits per heavy atom. The number of nitrogens with zero attached hydrogens (tertiary/aromatic N) is 2. The van der Waals surface area contributed by atoms with E-state index >= 15 is 0 Å². The van der Waals surface area contributed by atoms with Crippen molar-refractivity contribution < 1.29 is 13.9 Å². The lowest BCUT2D eigenvalue weighted by Crippen LogP contribution is -2.38. The molecule has 1 aromatic heterocycles. The lowest BCUT2D eigenvalue weighted by atomic mass is 9.98. The van der Waals surface area contributed by atoms with Crippen molar-refractivity contribution >= 4 is 5.97 Å². The van der Waals surface area contributed by atoms with Crippen molar-refractivity contribution in [3.63, 3.8) is 0 Å². The summed E-state index contributed by atoms with van der Waals surface area (Å²) in [6, 6.07) is 0. The van der Waals surface area contributed by atoms with Gasteiger partial charge in [-0.1, -0.05) is 0 Å². The van der Waals surface area contributed by atoms with Gasteiger partial charge in [0, 0.05) is 6.54 Å². The number of piperidine rings is 1. The van der Waals surface area contributed by atoms with Crippen LogP contribution >= 0.6 is 0 Å². The molecule has 0 saturated carbocycles. The summed E-state index contributed by atoms with van der Waals surface area (Å²) in [4.78, 5) is 18.1. The van der Waals surface area contributed by atoms with Gasteiger partial charge in [0.1, 0.15) is 5.76 Å².